The van der Waals surface area contributed by atoms with E-state index in [2.05, 4.69) is 32.0 Å². The third-order valence-electron chi connectivity index (χ3n) is 4.25. The summed E-state index contributed by atoms with van der Waals surface area (Å²) in [6, 6.07) is 6.02. The van der Waals surface area contributed by atoms with Crippen molar-refractivity contribution in [1.82, 2.24) is 4.90 Å². The Kier molecular flexibility index (Phi) is 5.01. The van der Waals surface area contributed by atoms with Crippen LogP contribution in [0.4, 0.5) is 0 Å². The van der Waals surface area contributed by atoms with Crippen LogP contribution in [0.5, 0.6) is 0 Å². The fraction of sp³-hybridized carbons (Fsp3) is 0.588. The number of benzene rings is 1. The largest absolute Gasteiger partial charge is 0.370 e. The van der Waals surface area contributed by atoms with Gasteiger partial charge in [-0.1, -0.05) is 30.7 Å². The highest BCUT2D eigenvalue weighted by molar-refractivity contribution is 5.82. The molecule has 0 aliphatic carbocycles. The zero-order valence-corrected chi connectivity index (χ0v) is 13.4. The lowest BCUT2D eigenvalue weighted by atomic mass is 9.98. The van der Waals surface area contributed by atoms with Crippen molar-refractivity contribution in [2.24, 2.45) is 5.73 Å². The number of morpholine rings is 1. The number of nitrogens with zero attached hydrogens (tertiary/aromatic N) is 1. The molecule has 1 aromatic carbocycles. The molecular formula is C17H26N2O2. The van der Waals surface area contributed by atoms with Gasteiger partial charge in [-0.25, -0.2) is 0 Å². The molecule has 1 fully saturated rings. The smallest absolute Gasteiger partial charge is 0.239 e. The summed E-state index contributed by atoms with van der Waals surface area (Å²) in [4.78, 5) is 14.3. The molecule has 0 radical (unpaired) electrons. The molecule has 0 bridgehead atoms. The Morgan fingerprint density at radius 3 is 2.86 bits per heavy atom. The van der Waals surface area contributed by atoms with Crippen LogP contribution in [-0.2, 0) is 9.53 Å². The first-order chi connectivity index (χ1) is 9.93. The van der Waals surface area contributed by atoms with Crippen LogP contribution in [0.2, 0.25) is 0 Å². The number of aryl methyl sites for hydroxylation is 2. The maximum absolute atomic E-state index is 12.4. The van der Waals surface area contributed by atoms with Gasteiger partial charge in [0.15, 0.2) is 0 Å². The van der Waals surface area contributed by atoms with Gasteiger partial charge >= 0.3 is 0 Å². The highest BCUT2D eigenvalue weighted by Gasteiger charge is 2.32. The Morgan fingerprint density at radius 2 is 2.19 bits per heavy atom. The summed E-state index contributed by atoms with van der Waals surface area (Å²) in [7, 11) is 0. The predicted molar refractivity (Wildman–Crippen MR) is 84.1 cm³/mol. The van der Waals surface area contributed by atoms with Gasteiger partial charge in [0, 0.05) is 0 Å². The van der Waals surface area contributed by atoms with Crippen LogP contribution in [0.3, 0.4) is 0 Å². The molecule has 1 aliphatic heterocycles. The second kappa shape index (κ2) is 6.58. The van der Waals surface area contributed by atoms with Gasteiger partial charge < -0.3 is 15.4 Å². The van der Waals surface area contributed by atoms with Gasteiger partial charge in [0.05, 0.1) is 25.2 Å². The Hall–Kier alpha value is -1.39. The molecule has 4 nitrogen and oxygen atoms in total. The molecule has 1 aliphatic rings. The molecule has 3 atom stereocenters. The summed E-state index contributed by atoms with van der Waals surface area (Å²) in [5.74, 6) is 0.0311. The number of hydrogen-bond donors (Lipinski definition) is 1. The van der Waals surface area contributed by atoms with Gasteiger partial charge in [0.2, 0.25) is 5.91 Å². The van der Waals surface area contributed by atoms with Crippen molar-refractivity contribution in [2.75, 3.05) is 13.2 Å². The lowest BCUT2D eigenvalue weighted by Gasteiger charge is -2.39. The maximum atomic E-state index is 12.4. The summed E-state index contributed by atoms with van der Waals surface area (Å²) < 4.78 is 5.97. The molecule has 2 N–H and O–H groups in total. The van der Waals surface area contributed by atoms with Gasteiger partial charge in [-0.2, -0.15) is 0 Å². The number of ether oxygens (including phenoxy) is 1. The van der Waals surface area contributed by atoms with E-state index in [0.717, 1.165) is 0 Å². The normalized spacial score (nSPS) is 24.0. The minimum atomic E-state index is -0.412. The fourth-order valence-corrected chi connectivity index (χ4v) is 2.75. The van der Waals surface area contributed by atoms with Gasteiger partial charge in [-0.05, 0) is 38.3 Å². The molecular weight excluding hydrogens is 264 g/mol. The lowest BCUT2D eigenvalue weighted by Crippen LogP contribution is -2.53. The molecule has 4 heteroatoms. The van der Waals surface area contributed by atoms with Crippen molar-refractivity contribution in [3.63, 3.8) is 0 Å². The lowest BCUT2D eigenvalue weighted by molar-refractivity contribution is -0.146. The third kappa shape index (κ3) is 3.44. The van der Waals surface area contributed by atoms with Crippen LogP contribution in [-0.4, -0.2) is 36.0 Å². The van der Waals surface area contributed by atoms with Crippen LogP contribution >= 0.6 is 0 Å². The molecule has 116 valence electrons. The summed E-state index contributed by atoms with van der Waals surface area (Å²) >= 11 is 0. The topological polar surface area (TPSA) is 55.6 Å². The average Bonchev–Trinajstić information content (AvgIpc) is 2.49. The van der Waals surface area contributed by atoms with Crippen LogP contribution in [0.15, 0.2) is 18.2 Å². The van der Waals surface area contributed by atoms with E-state index < -0.39 is 6.04 Å². The average molecular weight is 290 g/mol. The van der Waals surface area contributed by atoms with Crippen LogP contribution < -0.4 is 5.73 Å². The van der Waals surface area contributed by atoms with E-state index in [1.807, 2.05) is 18.7 Å². The summed E-state index contributed by atoms with van der Waals surface area (Å²) in [6.07, 6.45) is 0.603. The molecule has 1 aromatic rings. The highest BCUT2D eigenvalue weighted by atomic mass is 16.5. The van der Waals surface area contributed by atoms with Crippen LogP contribution in [0, 0.1) is 13.8 Å². The molecule has 1 saturated heterocycles. The van der Waals surface area contributed by atoms with Crippen LogP contribution in [0.25, 0.3) is 0 Å². The standard InChI is InChI=1S/C17H26N2O2/c1-5-15(18)17(20)19-9-16(21-10-13(19)4)14-8-11(2)6-7-12(14)3/h6-8,13,15-16H,5,9-10,18H2,1-4H3. The van der Waals surface area contributed by atoms with Crippen molar-refractivity contribution in [2.45, 2.75) is 52.3 Å². The molecule has 2 rings (SSSR count). The molecule has 0 spiro atoms. The Balaban J connectivity index is 2.20. The first-order valence-corrected chi connectivity index (χ1v) is 7.68. The van der Waals surface area contributed by atoms with E-state index in [9.17, 15) is 4.79 Å². The highest BCUT2D eigenvalue weighted by Crippen LogP contribution is 2.28. The zero-order chi connectivity index (χ0) is 15.6. The second-order valence-corrected chi connectivity index (χ2v) is 6.04. The first kappa shape index (κ1) is 16.0. The number of rotatable bonds is 3. The van der Waals surface area contributed by atoms with Crippen molar-refractivity contribution in [3.05, 3.63) is 34.9 Å². The van der Waals surface area contributed by atoms with Crippen molar-refractivity contribution in [1.29, 1.82) is 0 Å². The minimum absolute atomic E-state index is 0.0311. The van der Waals surface area contributed by atoms with Crippen molar-refractivity contribution >= 4 is 5.91 Å². The predicted octanol–water partition coefficient (Wildman–Crippen LogP) is 2.33. The minimum Gasteiger partial charge on any atom is -0.370 e. The molecule has 0 aromatic heterocycles. The van der Waals surface area contributed by atoms with Gasteiger partial charge in [-0.15, -0.1) is 0 Å². The first-order valence-electron chi connectivity index (χ1n) is 7.68. The van der Waals surface area contributed by atoms with E-state index in [1.165, 1.54) is 16.7 Å². The van der Waals surface area contributed by atoms with E-state index in [4.69, 9.17) is 10.5 Å². The molecule has 0 saturated carbocycles. The monoisotopic (exact) mass is 290 g/mol. The maximum Gasteiger partial charge on any atom is 0.239 e. The number of carbonyl (C=O) groups excluding carboxylic acids is 1. The molecule has 1 heterocycles. The number of amides is 1. The summed E-state index contributed by atoms with van der Waals surface area (Å²) in [5.41, 5.74) is 9.50. The van der Waals surface area contributed by atoms with E-state index in [0.29, 0.717) is 19.6 Å². The summed E-state index contributed by atoms with van der Waals surface area (Å²) in [6.45, 7) is 9.25. The van der Waals surface area contributed by atoms with E-state index in [1.54, 1.807) is 0 Å². The molecule has 3 unspecified atom stereocenters. The van der Waals surface area contributed by atoms with Crippen LogP contribution in [0.1, 0.15) is 43.1 Å². The van der Waals surface area contributed by atoms with E-state index >= 15 is 0 Å². The van der Waals surface area contributed by atoms with E-state index in [-0.39, 0.29) is 18.1 Å². The third-order valence-corrected chi connectivity index (χ3v) is 4.25. The van der Waals surface area contributed by atoms with Gasteiger partial charge in [0.25, 0.3) is 0 Å². The number of nitrogens with two attached hydrogens (primary N) is 1. The summed E-state index contributed by atoms with van der Waals surface area (Å²) in [5, 5.41) is 0. The Morgan fingerprint density at radius 1 is 1.48 bits per heavy atom. The van der Waals surface area contributed by atoms with Crippen molar-refractivity contribution in [3.8, 4) is 0 Å². The SMILES string of the molecule is CCC(N)C(=O)N1CC(c2cc(C)ccc2C)OCC1C. The molecule has 1 amide bonds. The van der Waals surface area contributed by atoms with Gasteiger partial charge in [0.1, 0.15) is 6.10 Å². The molecule has 21 heavy (non-hydrogen) atoms. The zero-order valence-electron chi connectivity index (χ0n) is 13.4. The van der Waals surface area contributed by atoms with Gasteiger partial charge in [-0.3, -0.25) is 4.79 Å². The quantitative estimate of drug-likeness (QED) is 0.929. The number of hydrogen-bond acceptors (Lipinski definition) is 3. The number of carbonyl (C=O) groups is 1. The second-order valence-electron chi connectivity index (χ2n) is 6.04. The van der Waals surface area contributed by atoms with Crippen molar-refractivity contribution < 1.29 is 9.53 Å². The Bertz CT molecular complexity index is 516. The Labute approximate surface area is 127 Å². The fourth-order valence-electron chi connectivity index (χ4n) is 2.75.